The van der Waals surface area contributed by atoms with Crippen molar-refractivity contribution in [2.24, 2.45) is 0 Å². The molecule has 0 aliphatic heterocycles. The predicted octanol–water partition coefficient (Wildman–Crippen LogP) is 4.66. The number of anilines is 1. The Morgan fingerprint density at radius 2 is 1.85 bits per heavy atom. The van der Waals surface area contributed by atoms with E-state index >= 15 is 0 Å². The van der Waals surface area contributed by atoms with Crippen LogP contribution in [0.15, 0.2) is 47.6 Å². The second-order valence-electron chi connectivity index (χ2n) is 6.74. The number of carbonyl (C=O) groups excluding carboxylic acids is 2. The normalized spacial score (nSPS) is 10.7. The number of halogens is 2. The summed E-state index contributed by atoms with van der Waals surface area (Å²) < 4.78 is 7.24. The van der Waals surface area contributed by atoms with Crippen LogP contribution < -0.4 is 15.4 Å². The van der Waals surface area contributed by atoms with Crippen LogP contribution in [0.25, 0.3) is 0 Å². The van der Waals surface area contributed by atoms with Crippen LogP contribution in [-0.4, -0.2) is 38.9 Å². The van der Waals surface area contributed by atoms with Crippen molar-refractivity contribution < 1.29 is 14.3 Å². The van der Waals surface area contributed by atoms with Gasteiger partial charge in [0.25, 0.3) is 5.91 Å². The predicted molar refractivity (Wildman–Crippen MR) is 130 cm³/mol. The molecule has 0 spiro atoms. The summed E-state index contributed by atoms with van der Waals surface area (Å²) in [4.78, 5) is 24.8. The van der Waals surface area contributed by atoms with Crippen molar-refractivity contribution in [2.45, 2.75) is 32.1 Å². The Morgan fingerprint density at radius 1 is 1.09 bits per heavy atom. The number of rotatable bonds is 10. The molecule has 0 saturated heterocycles. The summed E-state index contributed by atoms with van der Waals surface area (Å²) >= 11 is 13.2. The minimum Gasteiger partial charge on any atom is -0.494 e. The van der Waals surface area contributed by atoms with Crippen molar-refractivity contribution in [2.75, 3.05) is 17.7 Å². The minimum atomic E-state index is -0.341. The lowest BCUT2D eigenvalue weighted by atomic mass is 10.2. The molecule has 0 saturated carbocycles. The molecule has 8 nitrogen and oxygen atoms in total. The summed E-state index contributed by atoms with van der Waals surface area (Å²) in [6, 6.07) is 11.9. The van der Waals surface area contributed by atoms with Gasteiger partial charge in [0.15, 0.2) is 11.0 Å². The van der Waals surface area contributed by atoms with Gasteiger partial charge in [-0.25, -0.2) is 0 Å². The number of carbonyl (C=O) groups is 2. The fourth-order valence-corrected chi connectivity index (χ4v) is 4.25. The maximum atomic E-state index is 12.4. The highest BCUT2D eigenvalue weighted by molar-refractivity contribution is 7.99. The van der Waals surface area contributed by atoms with Gasteiger partial charge in [0.2, 0.25) is 5.91 Å². The quantitative estimate of drug-likeness (QED) is 0.387. The van der Waals surface area contributed by atoms with Gasteiger partial charge in [0.1, 0.15) is 5.75 Å². The maximum Gasteiger partial charge on any atom is 0.253 e. The zero-order valence-electron chi connectivity index (χ0n) is 18.1. The molecule has 0 fully saturated rings. The van der Waals surface area contributed by atoms with Crippen LogP contribution in [0.2, 0.25) is 10.0 Å². The fourth-order valence-electron chi connectivity index (χ4n) is 2.93. The minimum absolute atomic E-state index is 0.164. The van der Waals surface area contributed by atoms with Crippen LogP contribution in [0.1, 0.15) is 30.0 Å². The third kappa shape index (κ3) is 6.86. The molecule has 1 heterocycles. The number of benzene rings is 2. The fraction of sp³-hybridized carbons (Fsp3) is 0.273. The molecule has 11 heteroatoms. The van der Waals surface area contributed by atoms with E-state index in [2.05, 4.69) is 20.8 Å². The zero-order valence-corrected chi connectivity index (χ0v) is 20.4. The first-order chi connectivity index (χ1) is 15.9. The molecule has 2 N–H and O–H groups in total. The Balaban J connectivity index is 1.55. The number of amides is 2. The average Bonchev–Trinajstić information content (AvgIpc) is 3.19. The first-order valence-electron chi connectivity index (χ1n) is 10.2. The van der Waals surface area contributed by atoms with Crippen LogP contribution in [0.5, 0.6) is 5.75 Å². The second-order valence-corrected chi connectivity index (χ2v) is 8.53. The third-order valence-corrected chi connectivity index (χ3v) is 5.99. The average molecular weight is 508 g/mol. The molecule has 2 amide bonds. The van der Waals surface area contributed by atoms with Crippen LogP contribution in [0.3, 0.4) is 0 Å². The Morgan fingerprint density at radius 3 is 2.52 bits per heavy atom. The van der Waals surface area contributed by atoms with Gasteiger partial charge < -0.3 is 19.9 Å². The van der Waals surface area contributed by atoms with Crippen molar-refractivity contribution in [1.29, 1.82) is 0 Å². The van der Waals surface area contributed by atoms with Crippen LogP contribution in [0.4, 0.5) is 5.69 Å². The molecule has 174 valence electrons. The van der Waals surface area contributed by atoms with Crippen LogP contribution >= 0.6 is 35.0 Å². The van der Waals surface area contributed by atoms with Gasteiger partial charge in [-0.3, -0.25) is 9.59 Å². The van der Waals surface area contributed by atoms with Gasteiger partial charge in [0, 0.05) is 17.3 Å². The summed E-state index contributed by atoms with van der Waals surface area (Å²) in [6.45, 7) is 5.19. The summed E-state index contributed by atoms with van der Waals surface area (Å²) in [5.74, 6) is 0.982. The van der Waals surface area contributed by atoms with Gasteiger partial charge in [0.05, 0.1) is 29.5 Å². The Kier molecular flexibility index (Phi) is 8.99. The Bertz CT molecular complexity index is 1120. The highest BCUT2D eigenvalue weighted by Gasteiger charge is 2.16. The van der Waals surface area contributed by atoms with Gasteiger partial charge >= 0.3 is 0 Å². The summed E-state index contributed by atoms with van der Waals surface area (Å²) in [5.41, 5.74) is 1.01. The first kappa shape index (κ1) is 24.9. The number of hydrogen-bond donors (Lipinski definition) is 2. The van der Waals surface area contributed by atoms with E-state index in [9.17, 15) is 9.59 Å². The van der Waals surface area contributed by atoms with Crippen molar-refractivity contribution in [3.63, 3.8) is 0 Å². The number of nitrogens with zero attached hydrogens (tertiary/aromatic N) is 3. The molecule has 3 aromatic rings. The SMILES string of the molecule is CCOc1ccc(NC(=O)CSc2nnc(CNC(=O)c3ccc(Cl)cc3Cl)n2CC)cc1. The molecule has 0 aliphatic rings. The van der Waals surface area contributed by atoms with E-state index < -0.39 is 0 Å². The zero-order chi connectivity index (χ0) is 23.8. The number of aromatic nitrogens is 3. The molecule has 33 heavy (non-hydrogen) atoms. The number of ether oxygens (including phenoxy) is 1. The molecule has 0 atom stereocenters. The molecule has 2 aromatic carbocycles. The standard InChI is InChI=1S/C22H23Cl2N5O3S/c1-3-29-19(12-25-21(31)17-10-5-14(23)11-18(17)24)27-28-22(29)33-13-20(30)26-15-6-8-16(9-7-15)32-4-2/h5-11H,3-4,12-13H2,1-2H3,(H,25,31)(H,26,30). The largest absolute Gasteiger partial charge is 0.494 e. The smallest absolute Gasteiger partial charge is 0.253 e. The van der Waals surface area contributed by atoms with Crippen molar-refractivity contribution in [1.82, 2.24) is 20.1 Å². The van der Waals surface area contributed by atoms with E-state index in [0.717, 1.165) is 5.75 Å². The topological polar surface area (TPSA) is 98.1 Å². The van der Waals surface area contributed by atoms with E-state index in [4.69, 9.17) is 27.9 Å². The Hall–Kier alpha value is -2.75. The monoisotopic (exact) mass is 507 g/mol. The molecule has 0 radical (unpaired) electrons. The van der Waals surface area contributed by atoms with E-state index in [-0.39, 0.29) is 29.1 Å². The summed E-state index contributed by atoms with van der Waals surface area (Å²) in [5, 5.41) is 15.3. The lowest BCUT2D eigenvalue weighted by Gasteiger charge is -2.10. The van der Waals surface area contributed by atoms with Gasteiger partial charge in [-0.15, -0.1) is 10.2 Å². The highest BCUT2D eigenvalue weighted by Crippen LogP contribution is 2.22. The molecule has 0 aliphatic carbocycles. The lowest BCUT2D eigenvalue weighted by molar-refractivity contribution is -0.113. The van der Waals surface area contributed by atoms with E-state index in [1.54, 1.807) is 36.4 Å². The van der Waals surface area contributed by atoms with E-state index in [1.807, 2.05) is 18.4 Å². The lowest BCUT2D eigenvalue weighted by Crippen LogP contribution is -2.25. The molecule has 0 unspecified atom stereocenters. The highest BCUT2D eigenvalue weighted by atomic mass is 35.5. The van der Waals surface area contributed by atoms with Crippen LogP contribution in [0, 0.1) is 0 Å². The van der Waals surface area contributed by atoms with Gasteiger partial charge in [-0.2, -0.15) is 0 Å². The maximum absolute atomic E-state index is 12.4. The second kappa shape index (κ2) is 11.9. The molecular weight excluding hydrogens is 485 g/mol. The van der Waals surface area contributed by atoms with Crippen molar-refractivity contribution in [3.8, 4) is 5.75 Å². The molecular formula is C22H23Cl2N5O3S. The van der Waals surface area contributed by atoms with Crippen LogP contribution in [-0.2, 0) is 17.9 Å². The number of nitrogens with one attached hydrogen (secondary N) is 2. The van der Waals surface area contributed by atoms with Gasteiger partial charge in [-0.05, 0) is 56.3 Å². The van der Waals surface area contributed by atoms with E-state index in [1.165, 1.54) is 17.8 Å². The summed E-state index contributed by atoms with van der Waals surface area (Å²) in [7, 11) is 0. The molecule has 0 bridgehead atoms. The molecule has 3 rings (SSSR count). The van der Waals surface area contributed by atoms with Gasteiger partial charge in [-0.1, -0.05) is 35.0 Å². The number of hydrogen-bond acceptors (Lipinski definition) is 6. The molecule has 1 aromatic heterocycles. The van der Waals surface area contributed by atoms with E-state index in [0.29, 0.717) is 40.4 Å². The first-order valence-corrected chi connectivity index (χ1v) is 12.0. The third-order valence-electron chi connectivity index (χ3n) is 4.47. The van der Waals surface area contributed by atoms with Crippen molar-refractivity contribution >= 4 is 52.5 Å². The van der Waals surface area contributed by atoms with Crippen molar-refractivity contribution in [3.05, 3.63) is 63.9 Å². The number of thioether (sulfide) groups is 1. The summed E-state index contributed by atoms with van der Waals surface area (Å²) in [6.07, 6.45) is 0. The Labute approximate surface area is 206 Å².